The normalized spacial score (nSPS) is 13.6. The van der Waals surface area contributed by atoms with Crippen molar-refractivity contribution in [2.24, 2.45) is 3.77 Å². The largest absolute Gasteiger partial charge is 0.492 e. The number of halogens is 2. The maximum absolute atomic E-state index is 13.4. The Morgan fingerprint density at radius 3 is 2.58 bits per heavy atom. The molecule has 0 amide bonds. The monoisotopic (exact) mass is 641 g/mol. The molecule has 1 unspecified atom stereocenters. The molecule has 0 aliphatic rings. The highest BCUT2D eigenvalue weighted by Gasteiger charge is 2.23. The third kappa shape index (κ3) is 9.92. The van der Waals surface area contributed by atoms with Crippen molar-refractivity contribution in [2.45, 2.75) is 43.4 Å². The average Bonchev–Trinajstić information content (AvgIpc) is 2.75. The summed E-state index contributed by atoms with van der Waals surface area (Å²) in [6.07, 6.45) is 3.92. The zero-order valence-electron chi connectivity index (χ0n) is 20.4. The number of non-ortho nitro benzene ring substituents is 1. The minimum Gasteiger partial charge on any atom is -0.492 e. The van der Waals surface area contributed by atoms with Crippen LogP contribution in [0.3, 0.4) is 0 Å². The van der Waals surface area contributed by atoms with E-state index in [1.807, 2.05) is 19.6 Å². The second-order valence-electron chi connectivity index (χ2n) is 9.18. The second-order valence-corrected chi connectivity index (χ2v) is 20.2. The van der Waals surface area contributed by atoms with Crippen LogP contribution in [0.1, 0.15) is 12.8 Å². The van der Waals surface area contributed by atoms with Crippen LogP contribution in [0.25, 0.3) is 0 Å². The van der Waals surface area contributed by atoms with Crippen LogP contribution in [0, 0.1) is 10.1 Å². The number of sulfonamides is 1. The summed E-state index contributed by atoms with van der Waals surface area (Å²) in [5, 5.41) is 14.5. The summed E-state index contributed by atoms with van der Waals surface area (Å²) in [4.78, 5) is 18.6. The molecule has 1 atom stereocenters. The number of hydrogen-bond acceptors (Lipinski definition) is 9. The fraction of sp³-hybridized carbons (Fsp3) is 0.500. The lowest BCUT2D eigenvalue weighted by Gasteiger charge is -2.15. The van der Waals surface area contributed by atoms with Crippen LogP contribution in [0.4, 0.5) is 11.5 Å². The number of rotatable bonds is 13. The Hall–Kier alpha value is -1.81. The van der Waals surface area contributed by atoms with Crippen LogP contribution in [0.2, 0.25) is 31.0 Å². The minimum atomic E-state index is -3.97. The predicted octanol–water partition coefficient (Wildman–Crippen LogP) is 5.20. The van der Waals surface area contributed by atoms with Crippen molar-refractivity contribution in [3.63, 3.8) is 0 Å². The average molecular weight is 643 g/mol. The first-order chi connectivity index (χ1) is 16.6. The van der Waals surface area contributed by atoms with Gasteiger partial charge in [0.05, 0.1) is 42.4 Å². The summed E-state index contributed by atoms with van der Waals surface area (Å²) in [7, 11) is -9.07. The molecule has 2 rings (SSSR count). The Labute approximate surface area is 225 Å². The lowest BCUT2D eigenvalue weighted by Crippen LogP contribution is -2.23. The quantitative estimate of drug-likeness (QED) is 0.102. The lowest BCUT2D eigenvalue weighted by molar-refractivity contribution is -0.385. The van der Waals surface area contributed by atoms with E-state index >= 15 is 0 Å². The van der Waals surface area contributed by atoms with Crippen LogP contribution in [-0.2, 0) is 19.8 Å². The van der Waals surface area contributed by atoms with Crippen molar-refractivity contribution in [3.05, 3.63) is 44.3 Å². The topological polar surface area (TPSA) is 154 Å². The Bertz CT molecular complexity index is 1330. The molecular weight excluding hydrogens is 614 g/mol. The third-order valence-electron chi connectivity index (χ3n) is 4.75. The van der Waals surface area contributed by atoms with Gasteiger partial charge in [-0.3, -0.25) is 10.1 Å². The number of anilines is 1. The van der Waals surface area contributed by atoms with Gasteiger partial charge in [-0.2, -0.15) is 4.98 Å². The van der Waals surface area contributed by atoms with Crippen molar-refractivity contribution in [2.75, 3.05) is 30.5 Å². The van der Waals surface area contributed by atoms with Crippen molar-refractivity contribution in [3.8, 4) is 5.75 Å². The molecule has 0 saturated carbocycles. The molecule has 0 saturated heterocycles. The van der Waals surface area contributed by atoms with E-state index < -0.39 is 32.7 Å². The molecular formula is C20H29BrClN5O6S2Si. The Kier molecular flexibility index (Phi) is 10.7. The van der Waals surface area contributed by atoms with E-state index in [2.05, 4.69) is 35.0 Å². The third-order valence-corrected chi connectivity index (χ3v) is 11.5. The number of aromatic nitrogens is 2. The molecule has 0 aliphatic heterocycles. The van der Waals surface area contributed by atoms with Gasteiger partial charge in [0.15, 0.2) is 0 Å². The maximum Gasteiger partial charge on any atom is 0.273 e. The van der Waals surface area contributed by atoms with Gasteiger partial charge >= 0.3 is 0 Å². The van der Waals surface area contributed by atoms with Gasteiger partial charge in [0.1, 0.15) is 11.6 Å². The molecule has 16 heteroatoms. The number of benzene rings is 1. The first-order valence-corrected chi connectivity index (χ1v) is 19.3. The van der Waals surface area contributed by atoms with Crippen LogP contribution in [0.15, 0.2) is 37.5 Å². The highest BCUT2D eigenvalue weighted by Crippen LogP contribution is 2.31. The van der Waals surface area contributed by atoms with Gasteiger partial charge in [0.2, 0.25) is 5.28 Å². The first-order valence-electron chi connectivity index (χ1n) is 10.9. The number of nitrogens with zero attached hydrogens (tertiary/aromatic N) is 4. The number of nitrogens with one attached hydrogen (secondary N) is 1. The molecule has 0 fully saturated rings. The predicted molar refractivity (Wildman–Crippen MR) is 148 cm³/mol. The zero-order valence-corrected chi connectivity index (χ0v) is 25.3. The van der Waals surface area contributed by atoms with E-state index in [1.165, 1.54) is 18.5 Å². The number of nitro groups is 1. The van der Waals surface area contributed by atoms with E-state index in [9.17, 15) is 22.7 Å². The smallest absolute Gasteiger partial charge is 0.273 e. The van der Waals surface area contributed by atoms with E-state index in [4.69, 9.17) is 16.3 Å². The van der Waals surface area contributed by atoms with Crippen LogP contribution in [0.5, 0.6) is 5.75 Å². The maximum atomic E-state index is 13.4. The summed E-state index contributed by atoms with van der Waals surface area (Å²) in [6, 6.07) is 4.01. The summed E-state index contributed by atoms with van der Waals surface area (Å²) in [6.45, 7) is 6.78. The zero-order chi connectivity index (χ0) is 27.1. The molecule has 2 aromatic rings. The molecule has 0 radical (unpaired) electrons. The molecule has 11 nitrogen and oxygen atoms in total. The van der Waals surface area contributed by atoms with Crippen molar-refractivity contribution in [1.82, 2.24) is 9.97 Å². The molecule has 1 aromatic carbocycles. The number of nitro benzene ring substituents is 1. The van der Waals surface area contributed by atoms with Crippen LogP contribution < -0.4 is 10.1 Å². The standard InChI is InChI=1S/C20H29BrClN5O6S2Si/c1-34(30,26-35(31,32)11-12-36(2,3)4)18-8-7-15(27(28)29)13-17(18)33-10-6-5-9-23-19-16(21)14-24-20(22)25-19/h7-8,13-14H,5-6,9-12H2,1-4H3,(H,23,24,25). The van der Waals surface area contributed by atoms with Crippen molar-refractivity contribution in [1.29, 1.82) is 0 Å². The van der Waals surface area contributed by atoms with Gasteiger partial charge in [-0.1, -0.05) is 19.6 Å². The summed E-state index contributed by atoms with van der Waals surface area (Å²) >= 11 is 9.12. The van der Waals surface area contributed by atoms with Gasteiger partial charge in [-0.05, 0) is 52.5 Å². The molecule has 200 valence electrons. The summed E-state index contributed by atoms with van der Waals surface area (Å²) in [5.74, 6) is 0.316. The van der Waals surface area contributed by atoms with Gasteiger partial charge in [0.25, 0.3) is 15.7 Å². The van der Waals surface area contributed by atoms with E-state index in [-0.39, 0.29) is 34.0 Å². The fourth-order valence-electron chi connectivity index (χ4n) is 2.85. The number of unbranched alkanes of at least 4 members (excludes halogenated alkanes) is 1. The van der Waals surface area contributed by atoms with Crippen molar-refractivity contribution < 1.29 is 22.3 Å². The Morgan fingerprint density at radius 2 is 1.94 bits per heavy atom. The van der Waals surface area contributed by atoms with Crippen LogP contribution in [-0.4, -0.2) is 60.8 Å². The molecule has 36 heavy (non-hydrogen) atoms. The lowest BCUT2D eigenvalue weighted by atomic mass is 10.3. The summed E-state index contributed by atoms with van der Waals surface area (Å²) < 4.78 is 48.5. The highest BCUT2D eigenvalue weighted by atomic mass is 79.9. The summed E-state index contributed by atoms with van der Waals surface area (Å²) in [5.41, 5.74) is -0.266. The fourth-order valence-corrected chi connectivity index (χ4v) is 9.96. The first kappa shape index (κ1) is 30.4. The highest BCUT2D eigenvalue weighted by molar-refractivity contribution is 9.10. The number of hydrogen-bond donors (Lipinski definition) is 1. The Morgan fingerprint density at radius 1 is 1.25 bits per heavy atom. The number of ether oxygens (including phenoxy) is 1. The van der Waals surface area contributed by atoms with Gasteiger partial charge in [-0.25, -0.2) is 17.6 Å². The molecule has 0 aliphatic carbocycles. The molecule has 1 N–H and O–H groups in total. The van der Waals surface area contributed by atoms with Gasteiger partial charge < -0.3 is 10.1 Å². The van der Waals surface area contributed by atoms with E-state index in [0.29, 0.717) is 35.7 Å². The minimum absolute atomic E-state index is 0.00219. The SMILES string of the molecule is C[Si](C)(C)CCS(=O)(=O)N=S(C)(=O)c1ccc([N+](=O)[O-])cc1OCCCCNc1nc(Cl)ncc1Br. The van der Waals surface area contributed by atoms with Gasteiger partial charge in [-0.15, -0.1) is 3.77 Å². The second kappa shape index (κ2) is 12.6. The molecule has 0 spiro atoms. The molecule has 1 heterocycles. The van der Waals surface area contributed by atoms with E-state index in [0.717, 1.165) is 12.1 Å². The molecule has 0 bridgehead atoms. The van der Waals surface area contributed by atoms with Gasteiger partial charge in [0, 0.05) is 33.1 Å². The van der Waals surface area contributed by atoms with Crippen molar-refractivity contribution >= 4 is 66.9 Å². The van der Waals surface area contributed by atoms with E-state index in [1.54, 1.807) is 0 Å². The Balaban J connectivity index is 2.13. The molecule has 1 aromatic heterocycles. The van der Waals surface area contributed by atoms with Crippen LogP contribution >= 0.6 is 27.5 Å².